The summed E-state index contributed by atoms with van der Waals surface area (Å²) in [4.78, 5) is 90.2. The molecule has 29 nitrogen and oxygen atoms in total. The van der Waals surface area contributed by atoms with Crippen LogP contribution in [0.3, 0.4) is 0 Å². The molecule has 29 heteroatoms. The van der Waals surface area contributed by atoms with Crippen LogP contribution in [0.5, 0.6) is 121 Å². The van der Waals surface area contributed by atoms with Crippen molar-refractivity contribution in [3.63, 3.8) is 0 Å². The maximum atomic E-state index is 13.4. The smallest absolute Gasteiger partial charge is 0.343 e. The minimum Gasteiger partial charge on any atom is -0.504 e. The SMILES string of the molecule is O=C(O)c1cc(O)c(O)c(OC(=O)c2cc(O)c(O)c(OC(=O)c3cc(O)c(O)c(OC(=O)c4cc(O)c(O)c(OC(=O)c5cc(O)c(O)c(OC(=O)c6cc(O)c(O)c(OC(=O)c7cc(O)c(O)c(O)c7)c6)c5)c4)c3)c2)c1. The van der Waals surface area contributed by atoms with Crippen LogP contribution >= 0.6 is 0 Å². The normalized spacial score (nSPS) is 10.7. The number of benzene rings is 7. The van der Waals surface area contributed by atoms with Crippen molar-refractivity contribution < 1.29 is 144 Å². The predicted octanol–water partition coefficient (Wildman–Crippen LogP) is 4.28. The van der Waals surface area contributed by atoms with Crippen LogP contribution in [0.15, 0.2) is 84.9 Å². The number of ether oxygens (including phenoxy) is 6. The second-order valence-electron chi connectivity index (χ2n) is 15.6. The number of aromatic carboxylic acids is 1. The van der Waals surface area contributed by atoms with E-state index in [0.717, 1.165) is 0 Å². The van der Waals surface area contributed by atoms with Gasteiger partial charge in [0.2, 0.25) is 34.5 Å². The third kappa shape index (κ3) is 10.9. The number of carbonyl (C=O) groups is 7. The highest BCUT2D eigenvalue weighted by atomic mass is 16.6. The molecular weight excluding hydrogens is 1050 g/mol. The number of rotatable bonds is 13. The third-order valence-corrected chi connectivity index (χ3v) is 10.3. The molecule has 16 N–H and O–H groups in total. The van der Waals surface area contributed by atoms with Gasteiger partial charge in [0.15, 0.2) is 86.2 Å². The molecule has 0 aliphatic heterocycles. The molecule has 0 aromatic heterocycles. The number of carbonyl (C=O) groups excluding carboxylic acids is 6. The highest BCUT2D eigenvalue weighted by Crippen LogP contribution is 2.45. The predicted molar refractivity (Wildman–Crippen MR) is 247 cm³/mol. The average molecular weight is 1080 g/mol. The van der Waals surface area contributed by atoms with E-state index >= 15 is 0 Å². The fourth-order valence-electron chi connectivity index (χ4n) is 6.41. The van der Waals surface area contributed by atoms with Crippen LogP contribution in [0.2, 0.25) is 0 Å². The van der Waals surface area contributed by atoms with Crippen molar-refractivity contribution in [1.29, 1.82) is 0 Å². The van der Waals surface area contributed by atoms with Crippen molar-refractivity contribution in [2.24, 2.45) is 0 Å². The summed E-state index contributed by atoms with van der Waals surface area (Å²) in [5.41, 5.74) is -5.09. The Bertz CT molecular complexity index is 3720. The summed E-state index contributed by atoms with van der Waals surface area (Å²) < 4.78 is 30.1. The van der Waals surface area contributed by atoms with Crippen molar-refractivity contribution in [3.8, 4) is 121 Å². The van der Waals surface area contributed by atoms with Gasteiger partial charge in [-0.2, -0.15) is 0 Å². The number of aromatic hydroxyl groups is 15. The molecule has 0 saturated carbocycles. The van der Waals surface area contributed by atoms with Gasteiger partial charge in [0.25, 0.3) is 0 Å². The number of carboxylic acid groups (broad SMARTS) is 1. The Morgan fingerprint density at radius 1 is 0.218 bits per heavy atom. The molecule has 0 bridgehead atoms. The molecule has 0 aliphatic carbocycles. The van der Waals surface area contributed by atoms with Crippen molar-refractivity contribution in [3.05, 3.63) is 124 Å². The average Bonchev–Trinajstić information content (AvgIpc) is 3.38. The Morgan fingerprint density at radius 2 is 0.359 bits per heavy atom. The zero-order valence-electron chi connectivity index (χ0n) is 38.0. The highest BCUT2D eigenvalue weighted by molar-refractivity contribution is 6.00. The number of phenols is 15. The summed E-state index contributed by atoms with van der Waals surface area (Å²) in [6, 6.07) is 8.29. The summed E-state index contributed by atoms with van der Waals surface area (Å²) in [5, 5.41) is 162. The molecule has 0 unspecified atom stereocenters. The summed E-state index contributed by atoms with van der Waals surface area (Å²) in [5.74, 6) is -33.3. The summed E-state index contributed by atoms with van der Waals surface area (Å²) in [6.45, 7) is 0. The second-order valence-corrected chi connectivity index (χ2v) is 15.6. The first-order chi connectivity index (χ1) is 36.6. The minimum atomic E-state index is -1.60. The van der Waals surface area contributed by atoms with Crippen molar-refractivity contribution in [1.82, 2.24) is 0 Å². The maximum absolute atomic E-state index is 13.4. The fourth-order valence-corrected chi connectivity index (χ4v) is 6.41. The molecule has 7 aromatic carbocycles. The zero-order chi connectivity index (χ0) is 57.3. The maximum Gasteiger partial charge on any atom is 0.343 e. The first-order valence-electron chi connectivity index (χ1n) is 20.8. The van der Waals surface area contributed by atoms with E-state index in [0.29, 0.717) is 84.9 Å². The van der Waals surface area contributed by atoms with Crippen LogP contribution in [0.4, 0.5) is 0 Å². The van der Waals surface area contributed by atoms with Gasteiger partial charge in [0, 0.05) is 0 Å². The summed E-state index contributed by atoms with van der Waals surface area (Å²) in [6.07, 6.45) is 0. The Labute approximate surface area is 429 Å². The molecule has 0 fully saturated rings. The van der Waals surface area contributed by atoms with E-state index < -0.39 is 201 Å². The second kappa shape index (κ2) is 20.7. The topological polar surface area (TPSA) is 499 Å². The van der Waals surface area contributed by atoms with Gasteiger partial charge in [0.1, 0.15) is 0 Å². The van der Waals surface area contributed by atoms with Crippen LogP contribution in [-0.2, 0) is 0 Å². The lowest BCUT2D eigenvalue weighted by Gasteiger charge is -2.14. The molecular formula is C49H30O29. The van der Waals surface area contributed by atoms with Gasteiger partial charge in [-0.15, -0.1) is 0 Å². The van der Waals surface area contributed by atoms with E-state index in [2.05, 4.69) is 0 Å². The van der Waals surface area contributed by atoms with Gasteiger partial charge in [0.05, 0.1) is 38.9 Å². The van der Waals surface area contributed by atoms with E-state index in [1.165, 1.54) is 0 Å². The summed E-state index contributed by atoms with van der Waals surface area (Å²) in [7, 11) is 0. The first kappa shape index (κ1) is 53.6. The molecule has 0 radical (unpaired) electrons. The van der Waals surface area contributed by atoms with Crippen LogP contribution < -0.4 is 28.4 Å². The van der Waals surface area contributed by atoms with Crippen LogP contribution in [0.25, 0.3) is 0 Å². The number of hydrogen-bond donors (Lipinski definition) is 16. The Balaban J connectivity index is 1.07. The van der Waals surface area contributed by atoms with E-state index in [1.807, 2.05) is 0 Å². The molecule has 78 heavy (non-hydrogen) atoms. The van der Waals surface area contributed by atoms with Gasteiger partial charge in [-0.3, -0.25) is 0 Å². The minimum absolute atomic E-state index is 0.532. The van der Waals surface area contributed by atoms with Gasteiger partial charge in [-0.25, -0.2) is 33.6 Å². The summed E-state index contributed by atoms with van der Waals surface area (Å²) >= 11 is 0. The first-order valence-corrected chi connectivity index (χ1v) is 20.8. The van der Waals surface area contributed by atoms with E-state index in [1.54, 1.807) is 0 Å². The number of hydrogen-bond acceptors (Lipinski definition) is 28. The van der Waals surface area contributed by atoms with Gasteiger partial charge < -0.3 is 110 Å². The largest absolute Gasteiger partial charge is 0.504 e. The van der Waals surface area contributed by atoms with Crippen LogP contribution in [-0.4, -0.2) is 123 Å². The Kier molecular flexibility index (Phi) is 14.3. The van der Waals surface area contributed by atoms with Crippen molar-refractivity contribution in [2.75, 3.05) is 0 Å². The van der Waals surface area contributed by atoms with E-state index in [4.69, 9.17) is 28.4 Å². The number of phenolic OH excluding ortho intramolecular Hbond substituents is 15. The van der Waals surface area contributed by atoms with Crippen LogP contribution in [0, 0.1) is 0 Å². The lowest BCUT2D eigenvalue weighted by atomic mass is 10.1. The molecule has 0 saturated heterocycles. The Hall–Kier alpha value is -12.2. The third-order valence-electron chi connectivity index (χ3n) is 10.3. The highest BCUT2D eigenvalue weighted by Gasteiger charge is 2.28. The molecule has 400 valence electrons. The molecule has 0 atom stereocenters. The molecule has 0 amide bonds. The van der Waals surface area contributed by atoms with Crippen molar-refractivity contribution in [2.45, 2.75) is 0 Å². The van der Waals surface area contributed by atoms with Crippen LogP contribution in [0.1, 0.15) is 72.5 Å². The standard InChI is InChI=1S/C49H30O29/c50-22-2-16(3-23(51)36(22)58)44(67)74-31-10-18(5-25(53)38(31)60)46(69)76-33-12-20(7-27(55)40(33)62)48(71)78-35-14-21(8-29(57)42(35)64)49(72)77-34-13-19(6-28(56)41(34)63)47(70)75-32-11-17(4-26(54)39(32)61)45(68)73-30-9-15(43(65)66)1-24(52)37(30)59/h1-14,50-64H,(H,65,66). The molecule has 0 spiro atoms. The van der Waals surface area contributed by atoms with E-state index in [-0.39, 0.29) is 0 Å². The fraction of sp³-hybridized carbons (Fsp3) is 0. The molecule has 0 heterocycles. The Morgan fingerprint density at radius 3 is 0.538 bits per heavy atom. The lowest BCUT2D eigenvalue weighted by Crippen LogP contribution is -2.14. The van der Waals surface area contributed by atoms with Gasteiger partial charge in [-0.05, 0) is 84.9 Å². The van der Waals surface area contributed by atoms with E-state index in [9.17, 15) is 115 Å². The lowest BCUT2D eigenvalue weighted by molar-refractivity contribution is 0.0684. The van der Waals surface area contributed by atoms with Crippen molar-refractivity contribution >= 4 is 41.8 Å². The monoisotopic (exact) mass is 1080 g/mol. The number of carboxylic acids is 1. The van der Waals surface area contributed by atoms with Gasteiger partial charge in [-0.1, -0.05) is 0 Å². The van der Waals surface area contributed by atoms with Gasteiger partial charge >= 0.3 is 41.8 Å². The quantitative estimate of drug-likeness (QED) is 0.0435. The molecule has 0 aliphatic rings. The molecule has 7 aromatic rings. The number of esters is 6. The molecule has 7 rings (SSSR count). The zero-order valence-corrected chi connectivity index (χ0v) is 38.0.